The number of carboxylic acids is 1. The van der Waals surface area contributed by atoms with Crippen LogP contribution in [-0.2, 0) is 20.9 Å². The van der Waals surface area contributed by atoms with Crippen molar-refractivity contribution < 1.29 is 29.0 Å². The smallest absolute Gasteiger partial charge is 0.317 e. The van der Waals surface area contributed by atoms with Gasteiger partial charge < -0.3 is 19.6 Å². The van der Waals surface area contributed by atoms with Gasteiger partial charge in [-0.05, 0) is 24.1 Å². The van der Waals surface area contributed by atoms with E-state index in [0.717, 1.165) is 11.3 Å². The molecule has 10 nitrogen and oxygen atoms in total. The van der Waals surface area contributed by atoms with Crippen molar-refractivity contribution in [1.29, 1.82) is 0 Å². The minimum atomic E-state index is -0.842. The van der Waals surface area contributed by atoms with E-state index < -0.39 is 17.9 Å². The fourth-order valence-electron chi connectivity index (χ4n) is 4.82. The number of ether oxygens (including phenoxy) is 1. The number of aliphatic carboxylic acids is 1. The lowest BCUT2D eigenvalue weighted by Crippen LogP contribution is -2.58. The van der Waals surface area contributed by atoms with Crippen LogP contribution < -0.4 is 15.0 Å². The number of hydrogen-bond acceptors (Lipinski definition) is 7. The van der Waals surface area contributed by atoms with Crippen LogP contribution in [0, 0.1) is 0 Å². The first-order valence-electron chi connectivity index (χ1n) is 10.1. The van der Waals surface area contributed by atoms with Crippen LogP contribution in [0.4, 0.5) is 5.69 Å². The number of nitrogens with zero attached hydrogens (tertiary/aromatic N) is 3. The number of hydrogen-bond donors (Lipinski definition) is 2. The van der Waals surface area contributed by atoms with Gasteiger partial charge in [0.2, 0.25) is 11.8 Å². The highest BCUT2D eigenvalue weighted by Crippen LogP contribution is 2.40. The van der Waals surface area contributed by atoms with E-state index >= 15 is 0 Å². The summed E-state index contributed by atoms with van der Waals surface area (Å²) in [6, 6.07) is 3.10. The number of piperidine rings is 1. The quantitative estimate of drug-likeness (QED) is 0.631. The van der Waals surface area contributed by atoms with Crippen molar-refractivity contribution in [2.75, 3.05) is 37.7 Å². The molecule has 0 radical (unpaired) electrons. The zero-order chi connectivity index (χ0) is 21.0. The van der Waals surface area contributed by atoms with Gasteiger partial charge in [0.1, 0.15) is 18.4 Å². The Kier molecular flexibility index (Phi) is 4.39. The van der Waals surface area contributed by atoms with Crippen LogP contribution in [0.5, 0.6) is 5.75 Å². The molecule has 4 aliphatic heterocycles. The molecule has 30 heavy (non-hydrogen) atoms. The Morgan fingerprint density at radius 1 is 1.20 bits per heavy atom. The molecule has 10 heteroatoms. The van der Waals surface area contributed by atoms with E-state index in [-0.39, 0.29) is 30.8 Å². The van der Waals surface area contributed by atoms with E-state index in [1.165, 1.54) is 4.90 Å². The fourth-order valence-corrected chi connectivity index (χ4v) is 4.82. The largest absolute Gasteiger partial charge is 0.489 e. The molecule has 1 aromatic carbocycles. The number of anilines is 1. The third-order valence-electron chi connectivity index (χ3n) is 6.27. The molecule has 4 heterocycles. The topological polar surface area (TPSA) is 119 Å². The minimum absolute atomic E-state index is 0.0107. The molecule has 2 atom stereocenters. The highest BCUT2D eigenvalue weighted by Gasteiger charge is 2.41. The molecule has 0 bridgehead atoms. The zero-order valence-corrected chi connectivity index (χ0v) is 16.3. The van der Waals surface area contributed by atoms with Gasteiger partial charge in [-0.3, -0.25) is 29.4 Å². The summed E-state index contributed by atoms with van der Waals surface area (Å²) in [5, 5.41) is 11.4. The van der Waals surface area contributed by atoms with Crippen LogP contribution in [0.15, 0.2) is 12.1 Å². The van der Waals surface area contributed by atoms with Gasteiger partial charge in [-0.25, -0.2) is 0 Å². The molecule has 0 saturated carbocycles. The predicted molar refractivity (Wildman–Crippen MR) is 103 cm³/mol. The van der Waals surface area contributed by atoms with Crippen LogP contribution >= 0.6 is 0 Å². The summed E-state index contributed by atoms with van der Waals surface area (Å²) in [6.07, 6.45) is 0.548. The normalized spacial score (nSPS) is 25.9. The maximum absolute atomic E-state index is 13.0. The van der Waals surface area contributed by atoms with Crippen molar-refractivity contribution in [3.8, 4) is 5.75 Å². The van der Waals surface area contributed by atoms with Crippen molar-refractivity contribution in [2.24, 2.45) is 0 Å². The summed E-state index contributed by atoms with van der Waals surface area (Å²) in [7, 11) is 0. The number of piperazine rings is 1. The highest BCUT2D eigenvalue weighted by atomic mass is 16.5. The highest BCUT2D eigenvalue weighted by molar-refractivity contribution is 6.05. The van der Waals surface area contributed by atoms with Crippen LogP contribution in [0.2, 0.25) is 0 Å². The third-order valence-corrected chi connectivity index (χ3v) is 6.27. The first-order valence-corrected chi connectivity index (χ1v) is 10.1. The molecule has 4 aliphatic rings. The number of benzene rings is 1. The Labute approximate surface area is 172 Å². The van der Waals surface area contributed by atoms with Crippen molar-refractivity contribution in [2.45, 2.75) is 31.5 Å². The van der Waals surface area contributed by atoms with Crippen LogP contribution in [0.1, 0.15) is 28.8 Å². The molecule has 2 fully saturated rings. The second-order valence-corrected chi connectivity index (χ2v) is 8.16. The predicted octanol–water partition coefficient (Wildman–Crippen LogP) is -0.585. The number of amides is 3. The van der Waals surface area contributed by atoms with Crippen molar-refractivity contribution >= 4 is 29.4 Å². The molecular weight excluding hydrogens is 392 g/mol. The Morgan fingerprint density at radius 3 is 2.80 bits per heavy atom. The molecule has 2 N–H and O–H groups in total. The van der Waals surface area contributed by atoms with Gasteiger partial charge in [0, 0.05) is 38.2 Å². The maximum Gasteiger partial charge on any atom is 0.317 e. The number of carbonyl (C=O) groups is 4. The van der Waals surface area contributed by atoms with Gasteiger partial charge in [-0.15, -0.1) is 0 Å². The lowest BCUT2D eigenvalue weighted by Gasteiger charge is -2.45. The molecule has 158 valence electrons. The summed E-state index contributed by atoms with van der Waals surface area (Å²) < 4.78 is 5.93. The van der Waals surface area contributed by atoms with E-state index in [4.69, 9.17) is 9.84 Å². The second-order valence-electron chi connectivity index (χ2n) is 8.16. The van der Waals surface area contributed by atoms with Crippen LogP contribution in [-0.4, -0.2) is 83.5 Å². The van der Waals surface area contributed by atoms with Gasteiger partial charge in [0.05, 0.1) is 18.3 Å². The number of rotatable bonds is 3. The first kappa shape index (κ1) is 18.9. The van der Waals surface area contributed by atoms with Gasteiger partial charge >= 0.3 is 5.97 Å². The van der Waals surface area contributed by atoms with Gasteiger partial charge in [-0.2, -0.15) is 0 Å². The third kappa shape index (κ3) is 3.07. The van der Waals surface area contributed by atoms with E-state index in [1.54, 1.807) is 6.07 Å². The summed E-state index contributed by atoms with van der Waals surface area (Å²) in [4.78, 5) is 53.3. The molecule has 2 saturated heterocycles. The average molecular weight is 414 g/mol. The number of carboxylic acid groups (broad SMARTS) is 1. The second kappa shape index (κ2) is 6.98. The molecule has 0 aromatic heterocycles. The first-order chi connectivity index (χ1) is 14.4. The van der Waals surface area contributed by atoms with Gasteiger partial charge in [-0.1, -0.05) is 0 Å². The molecule has 3 amide bonds. The summed E-state index contributed by atoms with van der Waals surface area (Å²) in [5.41, 5.74) is 2.26. The Morgan fingerprint density at radius 2 is 2.03 bits per heavy atom. The standard InChI is InChI=1S/C20H22N4O6/c25-17-2-1-14(19(28)21-17)24-7-11-5-15-16(6-13(11)20(24)29)30-10-12-8-22(9-18(26)27)3-4-23(12)15/h5-6,12,14H,1-4,7-10H2,(H,26,27)(H,21,25,28)/t12-,14?/m0/s1. The molecule has 0 spiro atoms. The van der Waals surface area contributed by atoms with Crippen LogP contribution in [0.3, 0.4) is 0 Å². The summed E-state index contributed by atoms with van der Waals surface area (Å²) in [5.74, 6) is -1.17. The molecule has 1 unspecified atom stereocenters. The monoisotopic (exact) mass is 414 g/mol. The van der Waals surface area contributed by atoms with E-state index in [2.05, 4.69) is 10.2 Å². The molecular formula is C20H22N4O6. The lowest BCUT2D eigenvalue weighted by molar-refractivity contribution is -0.139. The Hall–Kier alpha value is -3.14. The van der Waals surface area contributed by atoms with Crippen molar-refractivity contribution in [3.05, 3.63) is 23.3 Å². The van der Waals surface area contributed by atoms with E-state index in [9.17, 15) is 19.2 Å². The Bertz CT molecular complexity index is 963. The van der Waals surface area contributed by atoms with E-state index in [0.29, 0.717) is 50.5 Å². The van der Waals surface area contributed by atoms with Crippen LogP contribution in [0.25, 0.3) is 0 Å². The molecule has 5 rings (SSSR count). The summed E-state index contributed by atoms with van der Waals surface area (Å²) >= 11 is 0. The molecule has 0 aliphatic carbocycles. The SMILES string of the molecule is O=C(O)CN1CCN2c3cc4c(cc3OC[C@@H]2C1)C(=O)N(C1CCC(=O)NC1=O)C4. The summed E-state index contributed by atoms with van der Waals surface area (Å²) in [6.45, 7) is 2.67. The zero-order valence-electron chi connectivity index (χ0n) is 16.3. The minimum Gasteiger partial charge on any atom is -0.489 e. The fraction of sp³-hybridized carbons (Fsp3) is 0.500. The number of fused-ring (bicyclic) bond motifs is 4. The average Bonchev–Trinajstić information content (AvgIpc) is 3.01. The van der Waals surface area contributed by atoms with Gasteiger partial charge in [0.25, 0.3) is 5.91 Å². The van der Waals surface area contributed by atoms with Crippen molar-refractivity contribution in [3.63, 3.8) is 0 Å². The molecule has 1 aromatic rings. The Balaban J connectivity index is 1.38. The number of nitrogens with one attached hydrogen (secondary N) is 1. The lowest BCUT2D eigenvalue weighted by atomic mass is 10.0. The van der Waals surface area contributed by atoms with Gasteiger partial charge in [0.15, 0.2) is 0 Å². The number of imide groups is 1. The van der Waals surface area contributed by atoms with Crippen molar-refractivity contribution in [1.82, 2.24) is 15.1 Å². The van der Waals surface area contributed by atoms with E-state index in [1.807, 2.05) is 11.0 Å². The number of carbonyl (C=O) groups excluding carboxylic acids is 3. The maximum atomic E-state index is 13.0.